The number of aliphatic hydroxyl groups excluding tert-OH is 1. The first-order valence-electron chi connectivity index (χ1n) is 11.7. The highest BCUT2D eigenvalue weighted by Crippen LogP contribution is 2.39. The van der Waals surface area contributed by atoms with Gasteiger partial charge in [0.25, 0.3) is 11.7 Å². The number of Topliss-reactive ketones (excluding diaryl/α,β-unsaturated/α-hetero) is 1. The second-order valence-corrected chi connectivity index (χ2v) is 11.1. The van der Waals surface area contributed by atoms with Gasteiger partial charge in [-0.25, -0.2) is 12.7 Å². The Kier molecular flexibility index (Phi) is 7.34. The van der Waals surface area contributed by atoms with Crippen LogP contribution in [0, 0.1) is 0 Å². The summed E-state index contributed by atoms with van der Waals surface area (Å²) in [6, 6.07) is 8.34. The van der Waals surface area contributed by atoms with Gasteiger partial charge in [-0.3, -0.25) is 14.6 Å². The van der Waals surface area contributed by atoms with Crippen molar-refractivity contribution in [3.8, 4) is 0 Å². The van der Waals surface area contributed by atoms with Gasteiger partial charge in [-0.05, 0) is 61.8 Å². The maximum Gasteiger partial charge on any atom is 0.295 e. The molecule has 3 heterocycles. The Morgan fingerprint density at radius 3 is 2.34 bits per heavy atom. The Labute approximate surface area is 205 Å². The van der Waals surface area contributed by atoms with Gasteiger partial charge in [0.15, 0.2) is 0 Å². The SMILES string of the molecule is CN(C)S(=O)(=O)c1ccc(C(O)=C2C(=O)C(=O)N(CCN3CCCCC3)[C@H]2c2cccnc2)cc1. The largest absolute Gasteiger partial charge is 0.507 e. The molecule has 0 bridgehead atoms. The van der Waals surface area contributed by atoms with Crippen molar-refractivity contribution in [1.82, 2.24) is 19.1 Å². The first-order valence-corrected chi connectivity index (χ1v) is 13.1. The van der Waals surface area contributed by atoms with E-state index in [-0.39, 0.29) is 21.8 Å². The van der Waals surface area contributed by atoms with E-state index >= 15 is 0 Å². The molecule has 10 heteroatoms. The molecule has 1 aromatic carbocycles. The van der Waals surface area contributed by atoms with Crippen LogP contribution in [0.15, 0.2) is 59.3 Å². The van der Waals surface area contributed by atoms with Crippen molar-refractivity contribution >= 4 is 27.5 Å². The molecule has 0 unspecified atom stereocenters. The highest BCUT2D eigenvalue weighted by atomic mass is 32.2. The van der Waals surface area contributed by atoms with Crippen molar-refractivity contribution in [3.05, 3.63) is 65.5 Å². The molecule has 9 nitrogen and oxygen atoms in total. The predicted octanol–water partition coefficient (Wildman–Crippen LogP) is 2.24. The van der Waals surface area contributed by atoms with Gasteiger partial charge < -0.3 is 14.9 Å². The molecule has 1 aromatic heterocycles. The van der Waals surface area contributed by atoms with Crippen molar-refractivity contribution in [2.45, 2.75) is 30.2 Å². The number of aliphatic hydroxyl groups is 1. The molecule has 4 rings (SSSR count). The lowest BCUT2D eigenvalue weighted by Crippen LogP contribution is -2.40. The number of nitrogens with zero attached hydrogens (tertiary/aromatic N) is 4. The molecular formula is C25H30N4O5S. The number of carbonyl (C=O) groups is 2. The minimum Gasteiger partial charge on any atom is -0.507 e. The van der Waals surface area contributed by atoms with Crippen LogP contribution in [0.5, 0.6) is 0 Å². The summed E-state index contributed by atoms with van der Waals surface area (Å²) in [6.07, 6.45) is 6.62. The number of aromatic nitrogens is 1. The Hall–Kier alpha value is -3.08. The van der Waals surface area contributed by atoms with Crippen LogP contribution in [-0.2, 0) is 19.6 Å². The molecule has 2 fully saturated rings. The summed E-state index contributed by atoms with van der Waals surface area (Å²) in [6.45, 7) is 2.91. The minimum absolute atomic E-state index is 0.0233. The molecule has 2 saturated heterocycles. The average Bonchev–Trinajstić information content (AvgIpc) is 3.13. The molecule has 1 atom stereocenters. The number of pyridine rings is 1. The Morgan fingerprint density at radius 1 is 1.06 bits per heavy atom. The van der Waals surface area contributed by atoms with Gasteiger partial charge in [0.1, 0.15) is 5.76 Å². The van der Waals surface area contributed by atoms with Crippen molar-refractivity contribution in [1.29, 1.82) is 0 Å². The fourth-order valence-electron chi connectivity index (χ4n) is 4.58. The highest BCUT2D eigenvalue weighted by Gasteiger charge is 2.46. The van der Waals surface area contributed by atoms with E-state index in [0.717, 1.165) is 30.2 Å². The standard InChI is InChI=1S/C25H30N4O5S/c1-27(2)35(33,34)20-10-8-18(9-11-20)23(30)21-22(19-7-6-12-26-17-19)29(25(32)24(21)31)16-15-28-13-4-3-5-14-28/h6-12,17,22,30H,3-5,13-16H2,1-2H3/t22-/m0/s1. The maximum absolute atomic E-state index is 13.1. The first kappa shape index (κ1) is 25.0. The van der Waals surface area contributed by atoms with Crippen LogP contribution in [-0.4, -0.2) is 84.6 Å². The molecule has 0 spiro atoms. The average molecular weight is 499 g/mol. The van der Waals surface area contributed by atoms with E-state index in [9.17, 15) is 23.1 Å². The second-order valence-electron chi connectivity index (χ2n) is 8.99. The van der Waals surface area contributed by atoms with E-state index in [1.54, 1.807) is 24.5 Å². The Morgan fingerprint density at radius 2 is 1.74 bits per heavy atom. The quantitative estimate of drug-likeness (QED) is 0.354. The molecule has 1 N–H and O–H groups in total. The monoisotopic (exact) mass is 498 g/mol. The predicted molar refractivity (Wildman–Crippen MR) is 131 cm³/mol. The van der Waals surface area contributed by atoms with E-state index in [0.29, 0.717) is 18.7 Å². The number of benzene rings is 1. The third-order valence-corrected chi connectivity index (χ3v) is 8.38. The molecule has 186 valence electrons. The lowest BCUT2D eigenvalue weighted by Gasteiger charge is -2.30. The van der Waals surface area contributed by atoms with Crippen LogP contribution < -0.4 is 0 Å². The third-order valence-electron chi connectivity index (χ3n) is 6.55. The molecule has 2 aliphatic rings. The molecule has 0 radical (unpaired) electrons. The van der Waals surface area contributed by atoms with Crippen LogP contribution in [0.3, 0.4) is 0 Å². The lowest BCUT2D eigenvalue weighted by atomic mass is 9.96. The van der Waals surface area contributed by atoms with E-state index in [2.05, 4.69) is 9.88 Å². The summed E-state index contributed by atoms with van der Waals surface area (Å²) in [5.74, 6) is -1.77. The number of ketones is 1. The molecule has 2 aliphatic heterocycles. The number of piperidine rings is 1. The van der Waals surface area contributed by atoms with Gasteiger partial charge in [0.05, 0.1) is 16.5 Å². The topological polar surface area (TPSA) is 111 Å². The molecular weight excluding hydrogens is 468 g/mol. The van der Waals surface area contributed by atoms with E-state index in [1.807, 2.05) is 0 Å². The second kappa shape index (κ2) is 10.3. The number of carbonyl (C=O) groups excluding carboxylic acids is 2. The number of likely N-dealkylation sites (tertiary alicyclic amines) is 2. The molecule has 35 heavy (non-hydrogen) atoms. The molecule has 2 aromatic rings. The van der Waals surface area contributed by atoms with Crippen LogP contribution in [0.2, 0.25) is 0 Å². The van der Waals surface area contributed by atoms with Crippen LogP contribution >= 0.6 is 0 Å². The molecule has 0 aliphatic carbocycles. The summed E-state index contributed by atoms with van der Waals surface area (Å²) >= 11 is 0. The van der Waals surface area contributed by atoms with Gasteiger partial charge in [-0.2, -0.15) is 0 Å². The maximum atomic E-state index is 13.1. The first-order chi connectivity index (χ1) is 16.7. The van der Waals surface area contributed by atoms with Crippen molar-refractivity contribution in [2.24, 2.45) is 0 Å². The molecule has 1 amide bonds. The van der Waals surface area contributed by atoms with Gasteiger partial charge in [-0.1, -0.05) is 12.5 Å². The normalized spacial score (nSPS) is 21.1. The van der Waals surface area contributed by atoms with E-state index < -0.39 is 27.8 Å². The highest BCUT2D eigenvalue weighted by molar-refractivity contribution is 7.89. The van der Waals surface area contributed by atoms with Crippen molar-refractivity contribution < 1.29 is 23.1 Å². The lowest BCUT2D eigenvalue weighted by molar-refractivity contribution is -0.140. The summed E-state index contributed by atoms with van der Waals surface area (Å²) in [5, 5.41) is 11.2. The van der Waals surface area contributed by atoms with Crippen molar-refractivity contribution in [2.75, 3.05) is 40.3 Å². The van der Waals surface area contributed by atoms with Crippen LogP contribution in [0.25, 0.3) is 5.76 Å². The third kappa shape index (κ3) is 5.00. The zero-order valence-electron chi connectivity index (χ0n) is 19.9. The summed E-state index contributed by atoms with van der Waals surface area (Å²) < 4.78 is 25.9. The summed E-state index contributed by atoms with van der Waals surface area (Å²) in [5.41, 5.74) is 0.856. The molecule has 0 saturated carbocycles. The van der Waals surface area contributed by atoms with Crippen LogP contribution in [0.4, 0.5) is 0 Å². The minimum atomic E-state index is -3.65. The van der Waals surface area contributed by atoms with Gasteiger partial charge >= 0.3 is 0 Å². The summed E-state index contributed by atoms with van der Waals surface area (Å²) in [4.78, 5) is 34.2. The zero-order valence-corrected chi connectivity index (χ0v) is 20.7. The Balaban J connectivity index is 1.71. The fourth-order valence-corrected chi connectivity index (χ4v) is 5.48. The zero-order chi connectivity index (χ0) is 25.2. The summed E-state index contributed by atoms with van der Waals surface area (Å²) in [7, 11) is -0.779. The van der Waals surface area contributed by atoms with Gasteiger partial charge in [0, 0.05) is 45.1 Å². The van der Waals surface area contributed by atoms with E-state index in [4.69, 9.17) is 0 Å². The number of sulfonamides is 1. The fraction of sp³-hybridized carbons (Fsp3) is 0.400. The van der Waals surface area contributed by atoms with Crippen LogP contribution in [0.1, 0.15) is 36.4 Å². The van der Waals surface area contributed by atoms with Crippen molar-refractivity contribution in [3.63, 3.8) is 0 Å². The van der Waals surface area contributed by atoms with E-state index in [1.165, 1.54) is 49.7 Å². The number of amides is 1. The van der Waals surface area contributed by atoms with Gasteiger partial charge in [0.2, 0.25) is 10.0 Å². The number of hydrogen-bond acceptors (Lipinski definition) is 7. The number of rotatable bonds is 7. The Bertz CT molecular complexity index is 1220. The van der Waals surface area contributed by atoms with Gasteiger partial charge in [-0.15, -0.1) is 0 Å². The smallest absolute Gasteiger partial charge is 0.295 e. The number of hydrogen-bond donors (Lipinski definition) is 1.